The Morgan fingerprint density at radius 2 is 2.00 bits per heavy atom. The van der Waals surface area contributed by atoms with Gasteiger partial charge in [0.1, 0.15) is 11.6 Å². The number of anilines is 1. The minimum Gasteiger partial charge on any atom is -0.322 e. The molecule has 0 radical (unpaired) electrons. The number of likely N-dealkylation sites (N-methyl/N-ethyl adjacent to an activating group) is 1. The normalized spacial score (nSPS) is 14.2. The summed E-state index contributed by atoms with van der Waals surface area (Å²) in [4.78, 5) is 14.9. The lowest BCUT2D eigenvalue weighted by Gasteiger charge is -2.23. The van der Waals surface area contributed by atoms with E-state index in [4.69, 9.17) is 0 Å². The molecular weight excluding hydrogens is 366 g/mol. The zero-order chi connectivity index (χ0) is 20.5. The highest BCUT2D eigenvalue weighted by atomic mass is 16.2. The fourth-order valence-electron chi connectivity index (χ4n) is 3.76. The number of fused-ring (bicyclic) bond motifs is 1. The fraction of sp³-hybridized carbons (Fsp3) is 0.429. The molecule has 0 fully saturated rings. The van der Waals surface area contributed by atoms with E-state index in [1.54, 1.807) is 0 Å². The van der Waals surface area contributed by atoms with Crippen LogP contribution in [0.25, 0.3) is 5.69 Å². The van der Waals surface area contributed by atoms with Gasteiger partial charge >= 0.3 is 0 Å². The van der Waals surface area contributed by atoms with Crippen LogP contribution in [0.2, 0.25) is 0 Å². The number of carbonyl (C=O) groups is 1. The fourth-order valence-corrected chi connectivity index (χ4v) is 3.76. The van der Waals surface area contributed by atoms with E-state index < -0.39 is 0 Å². The molecule has 0 spiro atoms. The van der Waals surface area contributed by atoms with Gasteiger partial charge in [0, 0.05) is 13.0 Å². The first kappa shape index (κ1) is 19.3. The number of para-hydroxylation sites is 1. The van der Waals surface area contributed by atoms with Crippen LogP contribution >= 0.6 is 0 Å². The Labute approximate surface area is 170 Å². The summed E-state index contributed by atoms with van der Waals surface area (Å²) in [5.74, 6) is 1.90. The van der Waals surface area contributed by atoms with Crippen LogP contribution in [0.1, 0.15) is 36.4 Å². The minimum atomic E-state index is -0.316. The summed E-state index contributed by atoms with van der Waals surface area (Å²) >= 11 is 0. The van der Waals surface area contributed by atoms with E-state index in [9.17, 15) is 4.79 Å². The lowest BCUT2D eigenvalue weighted by atomic mass is 10.2. The smallest absolute Gasteiger partial charge is 0.241 e. The molecule has 29 heavy (non-hydrogen) atoms. The molecule has 0 saturated heterocycles. The van der Waals surface area contributed by atoms with Gasteiger partial charge in [0.2, 0.25) is 5.91 Å². The van der Waals surface area contributed by atoms with Gasteiger partial charge in [0.05, 0.1) is 35.3 Å². The molecule has 1 aliphatic heterocycles. The standard InChI is InChI=1S/C21H27N7O/c1-14-20(15(2)28(25-14)17-9-6-5-7-10-17)22-21(29)16(3)26(4)13-19-24-23-18-11-8-12-27(18)19/h5-7,9-10,16H,8,11-13H2,1-4H3,(H,22,29). The van der Waals surface area contributed by atoms with Crippen LogP contribution < -0.4 is 5.32 Å². The third kappa shape index (κ3) is 3.67. The summed E-state index contributed by atoms with van der Waals surface area (Å²) in [5.41, 5.74) is 3.44. The molecule has 0 aliphatic carbocycles. The number of rotatable bonds is 6. The van der Waals surface area contributed by atoms with Crippen molar-refractivity contribution in [2.75, 3.05) is 12.4 Å². The number of aromatic nitrogens is 5. The maximum absolute atomic E-state index is 12.9. The summed E-state index contributed by atoms with van der Waals surface area (Å²) in [7, 11) is 1.94. The zero-order valence-electron chi connectivity index (χ0n) is 17.4. The van der Waals surface area contributed by atoms with Gasteiger partial charge in [0.25, 0.3) is 0 Å². The van der Waals surface area contributed by atoms with Crippen LogP contribution in [0, 0.1) is 13.8 Å². The molecule has 4 rings (SSSR count). The number of carbonyl (C=O) groups excluding carboxylic acids is 1. The highest BCUT2D eigenvalue weighted by molar-refractivity contribution is 5.95. The average molecular weight is 393 g/mol. The Hall–Kier alpha value is -3.00. The summed E-state index contributed by atoms with van der Waals surface area (Å²) < 4.78 is 4.03. The number of nitrogens with zero attached hydrogens (tertiary/aromatic N) is 6. The van der Waals surface area contributed by atoms with Crippen LogP contribution in [0.4, 0.5) is 5.69 Å². The summed E-state index contributed by atoms with van der Waals surface area (Å²) in [6.45, 7) is 7.33. The first-order valence-corrected chi connectivity index (χ1v) is 9.99. The Balaban J connectivity index is 1.46. The molecule has 1 atom stereocenters. The van der Waals surface area contributed by atoms with Crippen molar-refractivity contribution in [1.82, 2.24) is 29.4 Å². The second kappa shape index (κ2) is 7.79. The molecule has 0 saturated carbocycles. The SMILES string of the molecule is Cc1nn(-c2ccccc2)c(C)c1NC(=O)C(C)N(C)Cc1nnc2n1CCC2. The number of amides is 1. The van der Waals surface area contributed by atoms with Crippen molar-refractivity contribution in [2.24, 2.45) is 0 Å². The molecule has 1 aromatic carbocycles. The van der Waals surface area contributed by atoms with E-state index in [0.717, 1.165) is 53.8 Å². The molecule has 1 N–H and O–H groups in total. The molecule has 8 heteroatoms. The largest absolute Gasteiger partial charge is 0.322 e. The zero-order valence-corrected chi connectivity index (χ0v) is 17.4. The molecule has 3 aromatic rings. The molecule has 1 amide bonds. The van der Waals surface area contributed by atoms with E-state index in [1.807, 2.05) is 67.7 Å². The monoisotopic (exact) mass is 393 g/mol. The van der Waals surface area contributed by atoms with Crippen molar-refractivity contribution in [3.05, 3.63) is 53.4 Å². The average Bonchev–Trinajstić information content (AvgIpc) is 3.40. The molecule has 1 aliphatic rings. The van der Waals surface area contributed by atoms with E-state index in [1.165, 1.54) is 0 Å². The Bertz CT molecular complexity index is 1020. The van der Waals surface area contributed by atoms with Gasteiger partial charge in [-0.3, -0.25) is 9.69 Å². The highest BCUT2D eigenvalue weighted by Gasteiger charge is 2.24. The van der Waals surface area contributed by atoms with Crippen molar-refractivity contribution in [1.29, 1.82) is 0 Å². The molecule has 8 nitrogen and oxygen atoms in total. The second-order valence-corrected chi connectivity index (χ2v) is 7.66. The van der Waals surface area contributed by atoms with Gasteiger partial charge in [-0.05, 0) is 46.4 Å². The molecule has 152 valence electrons. The maximum Gasteiger partial charge on any atom is 0.241 e. The number of aryl methyl sites for hydroxylation is 2. The Morgan fingerprint density at radius 1 is 1.24 bits per heavy atom. The van der Waals surface area contributed by atoms with Crippen LogP contribution in [-0.4, -0.2) is 48.4 Å². The van der Waals surface area contributed by atoms with E-state index in [-0.39, 0.29) is 11.9 Å². The molecular formula is C21H27N7O. The Morgan fingerprint density at radius 3 is 2.76 bits per heavy atom. The van der Waals surface area contributed by atoms with Crippen LogP contribution in [0.15, 0.2) is 30.3 Å². The predicted octanol–water partition coefficient (Wildman–Crippen LogP) is 2.49. The summed E-state index contributed by atoms with van der Waals surface area (Å²) in [6.07, 6.45) is 2.10. The second-order valence-electron chi connectivity index (χ2n) is 7.66. The first-order valence-electron chi connectivity index (χ1n) is 9.99. The van der Waals surface area contributed by atoms with Crippen molar-refractivity contribution in [2.45, 2.75) is 52.7 Å². The number of nitrogens with one attached hydrogen (secondary N) is 1. The highest BCUT2D eigenvalue weighted by Crippen LogP contribution is 2.23. The first-order chi connectivity index (χ1) is 14.0. The van der Waals surface area contributed by atoms with Crippen LogP contribution in [-0.2, 0) is 24.3 Å². The lowest BCUT2D eigenvalue weighted by Crippen LogP contribution is -2.39. The van der Waals surface area contributed by atoms with E-state index in [2.05, 4.69) is 25.2 Å². The summed E-state index contributed by atoms with van der Waals surface area (Å²) in [5, 5.41) is 16.2. The lowest BCUT2D eigenvalue weighted by molar-refractivity contribution is -0.120. The maximum atomic E-state index is 12.9. The Kier molecular flexibility index (Phi) is 5.19. The molecule has 1 unspecified atom stereocenters. The minimum absolute atomic E-state index is 0.0625. The van der Waals surface area contributed by atoms with Gasteiger partial charge < -0.3 is 9.88 Å². The topological polar surface area (TPSA) is 80.9 Å². The van der Waals surface area contributed by atoms with Crippen molar-refractivity contribution >= 4 is 11.6 Å². The van der Waals surface area contributed by atoms with E-state index in [0.29, 0.717) is 6.54 Å². The molecule has 2 aromatic heterocycles. The predicted molar refractivity (Wildman–Crippen MR) is 111 cm³/mol. The van der Waals surface area contributed by atoms with Gasteiger partial charge in [-0.2, -0.15) is 5.10 Å². The van der Waals surface area contributed by atoms with E-state index >= 15 is 0 Å². The van der Waals surface area contributed by atoms with Crippen molar-refractivity contribution in [3.63, 3.8) is 0 Å². The number of hydrogen-bond donors (Lipinski definition) is 1. The van der Waals surface area contributed by atoms with Gasteiger partial charge in [0.15, 0.2) is 0 Å². The van der Waals surface area contributed by atoms with Crippen molar-refractivity contribution < 1.29 is 4.79 Å². The third-order valence-electron chi connectivity index (χ3n) is 5.66. The van der Waals surface area contributed by atoms with Gasteiger partial charge in [-0.15, -0.1) is 10.2 Å². The van der Waals surface area contributed by atoms with Crippen LogP contribution in [0.3, 0.4) is 0 Å². The number of benzene rings is 1. The van der Waals surface area contributed by atoms with Gasteiger partial charge in [-0.1, -0.05) is 18.2 Å². The molecule has 0 bridgehead atoms. The summed E-state index contributed by atoms with van der Waals surface area (Å²) in [6, 6.07) is 9.60. The van der Waals surface area contributed by atoms with Crippen LogP contribution in [0.5, 0.6) is 0 Å². The quantitative estimate of drug-likeness (QED) is 0.696. The third-order valence-corrected chi connectivity index (χ3v) is 5.66. The van der Waals surface area contributed by atoms with Crippen molar-refractivity contribution in [3.8, 4) is 5.69 Å². The molecule has 3 heterocycles. The van der Waals surface area contributed by atoms with Gasteiger partial charge in [-0.25, -0.2) is 4.68 Å². The number of hydrogen-bond acceptors (Lipinski definition) is 5.